The monoisotopic (exact) mass is 546 g/mol. The molecule has 1 aromatic heterocycles. The highest BCUT2D eigenvalue weighted by atomic mass is 16.6. The molecule has 2 aromatic carbocycles. The molecule has 1 heterocycles. The zero-order chi connectivity index (χ0) is 28.7. The van der Waals surface area contributed by atoms with Crippen molar-refractivity contribution in [2.45, 2.75) is 58.6 Å². The number of rotatable bonds is 8. The SMILES string of the molecule is CC(C)(C)OC(=O)NCC1CCC(CNC(=O)c2cc(-c3cccc(CNC(=O)O)c3)nc3ccccc23)CC1. The molecule has 3 amide bonds. The Labute approximate surface area is 234 Å². The van der Waals surface area contributed by atoms with Crippen molar-refractivity contribution in [2.75, 3.05) is 13.1 Å². The van der Waals surface area contributed by atoms with Crippen LogP contribution in [0.5, 0.6) is 0 Å². The average molecular weight is 547 g/mol. The summed E-state index contributed by atoms with van der Waals surface area (Å²) in [5.41, 5.74) is 3.03. The third-order valence-electron chi connectivity index (χ3n) is 7.08. The van der Waals surface area contributed by atoms with Crippen LogP contribution in [-0.2, 0) is 11.3 Å². The number of amides is 3. The summed E-state index contributed by atoms with van der Waals surface area (Å²) in [6.07, 6.45) is 2.49. The van der Waals surface area contributed by atoms with E-state index < -0.39 is 11.7 Å². The first kappa shape index (κ1) is 28.9. The van der Waals surface area contributed by atoms with Crippen molar-refractivity contribution in [1.82, 2.24) is 20.9 Å². The lowest BCUT2D eigenvalue weighted by molar-refractivity contribution is 0.0512. The fourth-order valence-electron chi connectivity index (χ4n) is 5.04. The van der Waals surface area contributed by atoms with Crippen molar-refractivity contribution in [3.05, 3.63) is 65.7 Å². The molecule has 3 aromatic rings. The summed E-state index contributed by atoms with van der Waals surface area (Å²) in [6, 6.07) is 16.9. The minimum absolute atomic E-state index is 0.141. The average Bonchev–Trinajstić information content (AvgIpc) is 2.93. The van der Waals surface area contributed by atoms with E-state index in [0.717, 1.165) is 47.7 Å². The number of hydrogen-bond donors (Lipinski definition) is 4. The Kier molecular flexibility index (Phi) is 9.24. The van der Waals surface area contributed by atoms with Crippen molar-refractivity contribution >= 4 is 29.0 Å². The molecule has 9 heteroatoms. The number of benzene rings is 2. The maximum atomic E-state index is 13.4. The second-order valence-electron chi connectivity index (χ2n) is 11.4. The summed E-state index contributed by atoms with van der Waals surface area (Å²) in [5, 5.41) is 18.1. The van der Waals surface area contributed by atoms with E-state index in [4.69, 9.17) is 14.8 Å². The van der Waals surface area contributed by atoms with Gasteiger partial charge >= 0.3 is 12.2 Å². The molecule has 40 heavy (non-hydrogen) atoms. The number of nitrogens with one attached hydrogen (secondary N) is 3. The van der Waals surface area contributed by atoms with E-state index in [1.165, 1.54) is 0 Å². The Bertz CT molecular complexity index is 1360. The molecule has 4 rings (SSSR count). The van der Waals surface area contributed by atoms with Gasteiger partial charge in [0.25, 0.3) is 5.91 Å². The lowest BCUT2D eigenvalue weighted by atomic mass is 9.82. The number of hydrogen-bond acceptors (Lipinski definition) is 5. The third-order valence-corrected chi connectivity index (χ3v) is 7.08. The highest BCUT2D eigenvalue weighted by molar-refractivity contribution is 6.07. The molecule has 0 spiro atoms. The zero-order valence-electron chi connectivity index (χ0n) is 23.3. The second-order valence-corrected chi connectivity index (χ2v) is 11.4. The Morgan fingerprint density at radius 3 is 2.25 bits per heavy atom. The number of fused-ring (bicyclic) bond motifs is 1. The maximum Gasteiger partial charge on any atom is 0.407 e. The van der Waals surface area contributed by atoms with Crippen LogP contribution in [0.1, 0.15) is 62.4 Å². The van der Waals surface area contributed by atoms with Crippen LogP contribution in [0.3, 0.4) is 0 Å². The van der Waals surface area contributed by atoms with Gasteiger partial charge in [0.05, 0.1) is 16.8 Å². The van der Waals surface area contributed by atoms with Crippen molar-refractivity contribution in [3.63, 3.8) is 0 Å². The van der Waals surface area contributed by atoms with Crippen LogP contribution < -0.4 is 16.0 Å². The normalized spacial score (nSPS) is 17.2. The van der Waals surface area contributed by atoms with Crippen molar-refractivity contribution in [1.29, 1.82) is 0 Å². The van der Waals surface area contributed by atoms with E-state index in [-0.39, 0.29) is 18.5 Å². The lowest BCUT2D eigenvalue weighted by Gasteiger charge is -2.29. The second kappa shape index (κ2) is 12.8. The summed E-state index contributed by atoms with van der Waals surface area (Å²) < 4.78 is 5.32. The first-order valence-electron chi connectivity index (χ1n) is 13.8. The number of ether oxygens (including phenoxy) is 1. The third kappa shape index (κ3) is 8.18. The van der Waals surface area contributed by atoms with Crippen LogP contribution in [0.15, 0.2) is 54.6 Å². The first-order chi connectivity index (χ1) is 19.1. The van der Waals surface area contributed by atoms with Crippen molar-refractivity contribution < 1.29 is 24.2 Å². The minimum Gasteiger partial charge on any atom is -0.465 e. The summed E-state index contributed by atoms with van der Waals surface area (Å²) in [5.74, 6) is 0.651. The molecular formula is C31H38N4O5. The van der Waals surface area contributed by atoms with Gasteiger partial charge in [0.2, 0.25) is 0 Å². The van der Waals surface area contributed by atoms with Crippen LogP contribution in [0.25, 0.3) is 22.2 Å². The molecule has 9 nitrogen and oxygen atoms in total. The molecule has 0 aliphatic heterocycles. The van der Waals surface area contributed by atoms with Gasteiger partial charge < -0.3 is 25.8 Å². The number of pyridine rings is 1. The smallest absolute Gasteiger partial charge is 0.407 e. The molecule has 0 saturated heterocycles. The van der Waals surface area contributed by atoms with Gasteiger partial charge in [-0.1, -0.05) is 36.4 Å². The van der Waals surface area contributed by atoms with E-state index in [9.17, 15) is 14.4 Å². The number of para-hydroxylation sites is 1. The fourth-order valence-corrected chi connectivity index (χ4v) is 5.04. The standard InChI is InChI=1S/C31H38N4O5/c1-31(2,3)40-30(39)34-18-21-13-11-20(12-14-21)17-32-28(36)25-16-27(35-26-10-5-4-9-24(25)26)23-8-6-7-22(15-23)19-33-29(37)38/h4-10,15-16,20-21,33H,11-14,17-19H2,1-3H3,(H,32,36)(H,34,39)(H,37,38). The number of nitrogens with zero attached hydrogens (tertiary/aromatic N) is 1. The van der Waals surface area contributed by atoms with Gasteiger partial charge in [0.15, 0.2) is 0 Å². The van der Waals surface area contributed by atoms with Crippen LogP contribution in [0, 0.1) is 11.8 Å². The molecule has 0 atom stereocenters. The maximum absolute atomic E-state index is 13.4. The largest absolute Gasteiger partial charge is 0.465 e. The van der Waals surface area contributed by atoms with Crippen LogP contribution >= 0.6 is 0 Å². The molecular weight excluding hydrogens is 508 g/mol. The number of carbonyl (C=O) groups excluding carboxylic acids is 2. The van der Waals surface area contributed by atoms with Gasteiger partial charge in [-0.2, -0.15) is 0 Å². The summed E-state index contributed by atoms with van der Waals surface area (Å²) in [4.78, 5) is 41.0. The van der Waals surface area contributed by atoms with Crippen LogP contribution in [0.4, 0.5) is 9.59 Å². The number of carboxylic acid groups (broad SMARTS) is 1. The van der Waals surface area contributed by atoms with E-state index in [2.05, 4.69) is 16.0 Å². The summed E-state index contributed by atoms with van der Waals surface area (Å²) in [6.45, 7) is 6.93. The molecule has 0 radical (unpaired) electrons. The molecule has 212 valence electrons. The lowest BCUT2D eigenvalue weighted by Crippen LogP contribution is -2.37. The van der Waals surface area contributed by atoms with E-state index >= 15 is 0 Å². The van der Waals surface area contributed by atoms with Crippen LogP contribution in [0.2, 0.25) is 0 Å². The van der Waals surface area contributed by atoms with Crippen molar-refractivity contribution in [3.8, 4) is 11.3 Å². The Hall–Kier alpha value is -4.14. The van der Waals surface area contributed by atoms with E-state index in [0.29, 0.717) is 36.2 Å². The van der Waals surface area contributed by atoms with Gasteiger partial charge in [-0.25, -0.2) is 14.6 Å². The summed E-state index contributed by atoms with van der Waals surface area (Å²) >= 11 is 0. The molecule has 0 unspecified atom stereocenters. The minimum atomic E-state index is -1.08. The molecule has 0 bridgehead atoms. The highest BCUT2D eigenvalue weighted by Gasteiger charge is 2.24. The predicted molar refractivity (Wildman–Crippen MR) is 154 cm³/mol. The topological polar surface area (TPSA) is 130 Å². The Balaban J connectivity index is 1.38. The number of carbonyl (C=O) groups is 3. The quantitative estimate of drug-likeness (QED) is 0.286. The number of aromatic nitrogens is 1. The molecule has 4 N–H and O–H groups in total. The predicted octanol–water partition coefficient (Wildman–Crippen LogP) is 5.73. The van der Waals surface area contributed by atoms with E-state index in [1.807, 2.05) is 69.3 Å². The van der Waals surface area contributed by atoms with Gasteiger partial charge in [-0.15, -0.1) is 0 Å². The summed E-state index contributed by atoms with van der Waals surface area (Å²) in [7, 11) is 0. The molecule has 1 aliphatic rings. The molecule has 1 fully saturated rings. The number of alkyl carbamates (subject to hydrolysis) is 1. The van der Waals surface area contributed by atoms with Crippen LogP contribution in [-0.4, -0.2) is 46.9 Å². The van der Waals surface area contributed by atoms with Crippen molar-refractivity contribution in [2.24, 2.45) is 11.8 Å². The molecule has 1 aliphatic carbocycles. The first-order valence-corrected chi connectivity index (χ1v) is 13.8. The Morgan fingerprint density at radius 2 is 1.57 bits per heavy atom. The van der Waals surface area contributed by atoms with Gasteiger partial charge in [-0.05, 0) is 82.1 Å². The van der Waals surface area contributed by atoms with E-state index in [1.54, 1.807) is 6.07 Å². The van der Waals surface area contributed by atoms with Gasteiger partial charge in [0.1, 0.15) is 5.60 Å². The van der Waals surface area contributed by atoms with Gasteiger partial charge in [-0.3, -0.25) is 4.79 Å². The van der Waals surface area contributed by atoms with Gasteiger partial charge in [0, 0.05) is 30.6 Å². The zero-order valence-corrected chi connectivity index (χ0v) is 23.3. The molecule has 1 saturated carbocycles. The fraction of sp³-hybridized carbons (Fsp3) is 0.419. The highest BCUT2D eigenvalue weighted by Crippen LogP contribution is 2.29. The Morgan fingerprint density at radius 1 is 0.900 bits per heavy atom.